The number of sulfonamides is 1. The fourth-order valence-corrected chi connectivity index (χ4v) is 4.02. The van der Waals surface area contributed by atoms with Crippen molar-refractivity contribution >= 4 is 27.6 Å². The minimum atomic E-state index is -3.84. The number of carbonyl (C=O) groups excluding carboxylic acids is 1. The van der Waals surface area contributed by atoms with E-state index in [4.69, 9.17) is 21.1 Å². The summed E-state index contributed by atoms with van der Waals surface area (Å²) in [4.78, 5) is 11.7. The van der Waals surface area contributed by atoms with E-state index in [1.165, 1.54) is 36.7 Å². The van der Waals surface area contributed by atoms with E-state index in [1.54, 1.807) is 18.2 Å². The first-order valence-corrected chi connectivity index (χ1v) is 9.87. The number of rotatable bonds is 5. The van der Waals surface area contributed by atoms with Crippen LogP contribution in [0, 0.1) is 0 Å². The number of fused-ring (bicyclic) bond motifs is 1. The zero-order chi connectivity index (χ0) is 19.6. The van der Waals surface area contributed by atoms with Crippen molar-refractivity contribution < 1.29 is 27.4 Å². The first kappa shape index (κ1) is 19.5. The number of esters is 1. The van der Waals surface area contributed by atoms with E-state index >= 15 is 0 Å². The first-order valence-electron chi connectivity index (χ1n) is 8.05. The third-order valence-corrected chi connectivity index (χ3v) is 6.19. The van der Waals surface area contributed by atoms with Gasteiger partial charge in [-0.25, -0.2) is 13.2 Å². The highest BCUT2D eigenvalue weighted by molar-refractivity contribution is 7.89. The second-order valence-corrected chi connectivity index (χ2v) is 8.32. The average molecular weight is 412 g/mol. The number of benzene rings is 2. The SMILES string of the molecule is COC(=O)c1cc(S(=O)(=O)N(C)Cc2ccc3c(c2)OCCO3)ccc1Cl. The maximum atomic E-state index is 12.9. The van der Waals surface area contributed by atoms with Crippen LogP contribution in [0.15, 0.2) is 41.3 Å². The molecule has 1 aliphatic heterocycles. The molecule has 2 aromatic carbocycles. The highest BCUT2D eigenvalue weighted by Crippen LogP contribution is 2.31. The van der Waals surface area contributed by atoms with Crippen LogP contribution in [0.1, 0.15) is 15.9 Å². The summed E-state index contributed by atoms with van der Waals surface area (Å²) in [7, 11) is -1.19. The van der Waals surface area contributed by atoms with Gasteiger partial charge in [-0.1, -0.05) is 17.7 Å². The van der Waals surface area contributed by atoms with E-state index in [0.717, 1.165) is 5.56 Å². The minimum Gasteiger partial charge on any atom is -0.486 e. The minimum absolute atomic E-state index is 0.00651. The maximum absolute atomic E-state index is 12.9. The zero-order valence-electron chi connectivity index (χ0n) is 14.8. The number of nitrogens with zero attached hydrogens (tertiary/aromatic N) is 1. The Balaban J connectivity index is 1.85. The van der Waals surface area contributed by atoms with Crippen LogP contribution in [0.5, 0.6) is 11.5 Å². The molecule has 0 saturated heterocycles. The summed E-state index contributed by atoms with van der Waals surface area (Å²) in [5, 5.41) is 0.121. The smallest absolute Gasteiger partial charge is 0.339 e. The van der Waals surface area contributed by atoms with E-state index < -0.39 is 16.0 Å². The van der Waals surface area contributed by atoms with Crippen molar-refractivity contribution in [2.45, 2.75) is 11.4 Å². The van der Waals surface area contributed by atoms with Gasteiger partial charge in [-0.05, 0) is 35.9 Å². The lowest BCUT2D eigenvalue weighted by Crippen LogP contribution is -2.27. The van der Waals surface area contributed by atoms with Crippen LogP contribution in [0.4, 0.5) is 0 Å². The van der Waals surface area contributed by atoms with Gasteiger partial charge in [0.05, 0.1) is 22.6 Å². The molecule has 9 heteroatoms. The molecule has 0 atom stereocenters. The fourth-order valence-electron chi connectivity index (χ4n) is 2.64. The summed E-state index contributed by atoms with van der Waals surface area (Å²) in [6.07, 6.45) is 0. The molecule has 0 unspecified atom stereocenters. The molecule has 0 amide bonds. The highest BCUT2D eigenvalue weighted by Gasteiger charge is 2.24. The average Bonchev–Trinajstić information content (AvgIpc) is 2.67. The molecule has 0 bridgehead atoms. The van der Waals surface area contributed by atoms with Crippen LogP contribution in [0.25, 0.3) is 0 Å². The van der Waals surface area contributed by atoms with Gasteiger partial charge in [0, 0.05) is 13.6 Å². The van der Waals surface area contributed by atoms with Gasteiger partial charge in [-0.15, -0.1) is 0 Å². The van der Waals surface area contributed by atoms with Gasteiger partial charge in [-0.2, -0.15) is 4.31 Å². The second kappa shape index (κ2) is 7.75. The summed E-state index contributed by atoms with van der Waals surface area (Å²) in [5.41, 5.74) is 0.737. The molecule has 144 valence electrons. The monoisotopic (exact) mass is 411 g/mol. The van der Waals surface area contributed by atoms with E-state index in [-0.39, 0.29) is 22.0 Å². The lowest BCUT2D eigenvalue weighted by molar-refractivity contribution is 0.0600. The molecule has 0 radical (unpaired) electrons. The van der Waals surface area contributed by atoms with Crippen molar-refractivity contribution in [1.29, 1.82) is 0 Å². The molecule has 1 heterocycles. The maximum Gasteiger partial charge on any atom is 0.339 e. The first-order chi connectivity index (χ1) is 12.8. The number of ether oxygens (including phenoxy) is 3. The number of methoxy groups -OCH3 is 1. The quantitative estimate of drug-likeness (QED) is 0.703. The molecule has 0 saturated carbocycles. The molecule has 0 N–H and O–H groups in total. The summed E-state index contributed by atoms with van der Waals surface area (Å²) in [6, 6.07) is 9.21. The molecule has 27 heavy (non-hydrogen) atoms. The van der Waals surface area contributed by atoms with Crippen molar-refractivity contribution in [2.75, 3.05) is 27.4 Å². The number of halogens is 1. The number of hydrogen-bond acceptors (Lipinski definition) is 6. The second-order valence-electron chi connectivity index (χ2n) is 5.87. The van der Waals surface area contributed by atoms with Crippen LogP contribution in [0.3, 0.4) is 0 Å². The molecule has 0 aromatic heterocycles. The predicted octanol–water partition coefficient (Wildman–Crippen LogP) is 2.72. The summed E-state index contributed by atoms with van der Waals surface area (Å²) in [6.45, 7) is 1.06. The number of hydrogen-bond donors (Lipinski definition) is 0. The third kappa shape index (κ3) is 4.02. The van der Waals surface area contributed by atoms with Crippen LogP contribution in [-0.2, 0) is 21.3 Å². The highest BCUT2D eigenvalue weighted by atomic mass is 35.5. The Morgan fingerprint density at radius 3 is 2.56 bits per heavy atom. The van der Waals surface area contributed by atoms with Gasteiger partial charge in [0.2, 0.25) is 10.0 Å². The van der Waals surface area contributed by atoms with E-state index in [2.05, 4.69) is 4.74 Å². The van der Waals surface area contributed by atoms with E-state index in [0.29, 0.717) is 24.7 Å². The molecule has 0 spiro atoms. The lowest BCUT2D eigenvalue weighted by atomic mass is 10.2. The zero-order valence-corrected chi connectivity index (χ0v) is 16.3. The fraction of sp³-hybridized carbons (Fsp3) is 0.278. The molecular formula is C18H18ClNO6S. The lowest BCUT2D eigenvalue weighted by Gasteiger charge is -2.21. The molecule has 1 aliphatic rings. The Morgan fingerprint density at radius 2 is 1.85 bits per heavy atom. The Kier molecular flexibility index (Phi) is 5.59. The largest absolute Gasteiger partial charge is 0.486 e. The van der Waals surface area contributed by atoms with E-state index in [1.807, 2.05) is 0 Å². The van der Waals surface area contributed by atoms with Crippen molar-refractivity contribution in [3.8, 4) is 11.5 Å². The summed E-state index contributed by atoms with van der Waals surface area (Å²) < 4.78 is 42.6. The van der Waals surface area contributed by atoms with Crippen LogP contribution >= 0.6 is 11.6 Å². The molecule has 7 nitrogen and oxygen atoms in total. The van der Waals surface area contributed by atoms with Gasteiger partial charge >= 0.3 is 5.97 Å². The molecular weight excluding hydrogens is 394 g/mol. The van der Waals surface area contributed by atoms with E-state index in [9.17, 15) is 13.2 Å². The van der Waals surface area contributed by atoms with Gasteiger partial charge in [0.15, 0.2) is 11.5 Å². The topological polar surface area (TPSA) is 82.1 Å². The Labute approximate surface area is 162 Å². The van der Waals surface area contributed by atoms with Gasteiger partial charge in [-0.3, -0.25) is 0 Å². The summed E-state index contributed by atoms with van der Waals surface area (Å²) in [5.74, 6) is 0.520. The van der Waals surface area contributed by atoms with Gasteiger partial charge < -0.3 is 14.2 Å². The van der Waals surface area contributed by atoms with Crippen LogP contribution < -0.4 is 9.47 Å². The van der Waals surface area contributed by atoms with Crippen molar-refractivity contribution in [2.24, 2.45) is 0 Å². The Bertz CT molecular complexity index is 976. The standard InChI is InChI=1S/C18H18ClNO6S/c1-20(11-12-3-6-16-17(9-12)26-8-7-25-16)27(22,23)13-4-5-15(19)14(10-13)18(21)24-2/h3-6,9-10H,7-8,11H2,1-2H3. The van der Waals surface area contributed by atoms with Crippen LogP contribution in [0.2, 0.25) is 5.02 Å². The summed E-state index contributed by atoms with van der Waals surface area (Å²) >= 11 is 5.96. The Hall–Kier alpha value is -2.29. The third-order valence-electron chi connectivity index (χ3n) is 4.06. The Morgan fingerprint density at radius 1 is 1.15 bits per heavy atom. The predicted molar refractivity (Wildman–Crippen MR) is 98.9 cm³/mol. The van der Waals surface area contributed by atoms with Gasteiger partial charge in [0.25, 0.3) is 0 Å². The molecule has 3 rings (SSSR count). The van der Waals surface area contributed by atoms with Gasteiger partial charge in [0.1, 0.15) is 13.2 Å². The normalized spacial score (nSPS) is 13.5. The van der Waals surface area contributed by atoms with Crippen molar-refractivity contribution in [3.05, 3.63) is 52.5 Å². The molecule has 0 aliphatic carbocycles. The van der Waals surface area contributed by atoms with Crippen molar-refractivity contribution in [1.82, 2.24) is 4.31 Å². The number of carbonyl (C=O) groups is 1. The van der Waals surface area contributed by atoms with Crippen LogP contribution in [-0.4, -0.2) is 46.1 Å². The molecule has 2 aromatic rings. The van der Waals surface area contributed by atoms with Crippen molar-refractivity contribution in [3.63, 3.8) is 0 Å². The molecule has 0 fully saturated rings.